The summed E-state index contributed by atoms with van der Waals surface area (Å²) in [5.74, 6) is 0. The van der Waals surface area contributed by atoms with E-state index in [-0.39, 0.29) is 0 Å². The van der Waals surface area contributed by atoms with Gasteiger partial charge in [-0.2, -0.15) is 5.26 Å². The van der Waals surface area contributed by atoms with Crippen molar-refractivity contribution < 1.29 is 0 Å². The van der Waals surface area contributed by atoms with Crippen molar-refractivity contribution in [1.29, 1.82) is 5.26 Å². The molecule has 0 bridgehead atoms. The van der Waals surface area contributed by atoms with E-state index in [4.69, 9.17) is 5.26 Å². The number of aromatic nitrogens is 1. The second-order valence-electron chi connectivity index (χ2n) is 6.61. The summed E-state index contributed by atoms with van der Waals surface area (Å²) in [7, 11) is 0. The molecule has 0 saturated carbocycles. The predicted octanol–water partition coefficient (Wildman–Crippen LogP) is 6.32. The molecule has 0 saturated heterocycles. The molecule has 126 valence electrons. The molecule has 0 N–H and O–H groups in total. The minimum absolute atomic E-state index is 0.680. The molecular weight excluding hydrogens is 328 g/mol. The zero-order valence-electron chi connectivity index (χ0n) is 14.6. The lowest BCUT2D eigenvalue weighted by molar-refractivity contribution is 1.18. The molecular formula is C25H16N2. The van der Waals surface area contributed by atoms with Gasteiger partial charge in [0.25, 0.3) is 0 Å². The molecule has 1 aromatic heterocycles. The molecule has 0 unspecified atom stereocenters. The Bertz CT molecular complexity index is 1270. The monoisotopic (exact) mass is 344 g/mol. The van der Waals surface area contributed by atoms with Crippen LogP contribution in [-0.4, -0.2) is 4.57 Å². The first-order valence-corrected chi connectivity index (χ1v) is 8.94. The highest BCUT2D eigenvalue weighted by molar-refractivity contribution is 6.09. The summed E-state index contributed by atoms with van der Waals surface area (Å²) in [5.41, 5.74) is 6.39. The SMILES string of the molecule is N#Cc1cccc(-c2ccc(-n3c4ccccc4c4ccccc43)cc2)c1. The van der Waals surface area contributed by atoms with Crippen LogP contribution in [0.3, 0.4) is 0 Å². The maximum absolute atomic E-state index is 9.13. The van der Waals surface area contributed by atoms with E-state index in [1.807, 2.05) is 24.3 Å². The van der Waals surface area contributed by atoms with Crippen molar-refractivity contribution in [3.63, 3.8) is 0 Å². The van der Waals surface area contributed by atoms with E-state index in [0.717, 1.165) is 16.8 Å². The quantitative estimate of drug-likeness (QED) is 0.368. The predicted molar refractivity (Wildman–Crippen MR) is 111 cm³/mol. The standard InChI is InChI=1S/C25H16N2/c26-17-18-6-5-7-20(16-18)19-12-14-21(15-13-19)27-24-10-3-1-8-22(24)23-9-2-4-11-25(23)27/h1-16H. The summed E-state index contributed by atoms with van der Waals surface area (Å²) >= 11 is 0. The van der Waals surface area contributed by atoms with Gasteiger partial charge in [0.2, 0.25) is 0 Å². The van der Waals surface area contributed by atoms with Crippen LogP contribution in [0.15, 0.2) is 97.1 Å². The van der Waals surface area contributed by atoms with Crippen LogP contribution >= 0.6 is 0 Å². The number of nitriles is 1. The normalized spacial score (nSPS) is 10.9. The molecule has 0 spiro atoms. The maximum atomic E-state index is 9.13. The Kier molecular flexibility index (Phi) is 3.52. The fourth-order valence-corrected chi connectivity index (χ4v) is 3.77. The zero-order valence-corrected chi connectivity index (χ0v) is 14.6. The molecule has 27 heavy (non-hydrogen) atoms. The summed E-state index contributed by atoms with van der Waals surface area (Å²) in [6, 6.07) is 35.5. The minimum atomic E-state index is 0.680. The van der Waals surface area contributed by atoms with Crippen molar-refractivity contribution in [2.24, 2.45) is 0 Å². The maximum Gasteiger partial charge on any atom is 0.0991 e. The average molecular weight is 344 g/mol. The molecule has 0 aliphatic carbocycles. The molecule has 1 heterocycles. The molecule has 5 aromatic rings. The minimum Gasteiger partial charge on any atom is -0.309 e. The van der Waals surface area contributed by atoms with E-state index in [2.05, 4.69) is 83.4 Å². The summed E-state index contributed by atoms with van der Waals surface area (Å²) in [6.07, 6.45) is 0. The van der Waals surface area contributed by atoms with Gasteiger partial charge in [-0.1, -0.05) is 60.7 Å². The number of hydrogen-bond acceptors (Lipinski definition) is 1. The van der Waals surface area contributed by atoms with E-state index in [9.17, 15) is 0 Å². The second-order valence-corrected chi connectivity index (χ2v) is 6.61. The summed E-state index contributed by atoms with van der Waals surface area (Å²) in [6.45, 7) is 0. The van der Waals surface area contributed by atoms with E-state index in [1.54, 1.807) is 0 Å². The number of nitrogens with zero attached hydrogens (tertiary/aromatic N) is 2. The highest BCUT2D eigenvalue weighted by Gasteiger charge is 2.11. The van der Waals surface area contributed by atoms with Gasteiger partial charge in [0, 0.05) is 16.5 Å². The Morgan fingerprint density at radius 2 is 1.22 bits per heavy atom. The van der Waals surface area contributed by atoms with Crippen LogP contribution < -0.4 is 0 Å². The molecule has 0 radical (unpaired) electrons. The van der Waals surface area contributed by atoms with Gasteiger partial charge in [-0.15, -0.1) is 0 Å². The number of fused-ring (bicyclic) bond motifs is 3. The van der Waals surface area contributed by atoms with Crippen LogP contribution in [0.4, 0.5) is 0 Å². The van der Waals surface area contributed by atoms with Gasteiger partial charge in [0.15, 0.2) is 0 Å². The van der Waals surface area contributed by atoms with E-state index in [1.165, 1.54) is 21.8 Å². The van der Waals surface area contributed by atoms with Crippen molar-refractivity contribution in [3.05, 3.63) is 103 Å². The van der Waals surface area contributed by atoms with Crippen LogP contribution in [0.1, 0.15) is 5.56 Å². The van der Waals surface area contributed by atoms with Gasteiger partial charge >= 0.3 is 0 Å². The molecule has 0 aliphatic rings. The topological polar surface area (TPSA) is 28.7 Å². The van der Waals surface area contributed by atoms with Crippen molar-refractivity contribution in [1.82, 2.24) is 4.57 Å². The van der Waals surface area contributed by atoms with Crippen LogP contribution in [0.5, 0.6) is 0 Å². The van der Waals surface area contributed by atoms with Gasteiger partial charge < -0.3 is 4.57 Å². The second kappa shape index (κ2) is 6.16. The molecule has 4 aromatic carbocycles. The number of para-hydroxylation sites is 2. The molecule has 0 aliphatic heterocycles. The van der Waals surface area contributed by atoms with Crippen molar-refractivity contribution in [2.45, 2.75) is 0 Å². The highest BCUT2D eigenvalue weighted by Crippen LogP contribution is 2.32. The molecule has 0 atom stereocenters. The lowest BCUT2D eigenvalue weighted by Crippen LogP contribution is -1.93. The molecule has 2 heteroatoms. The first kappa shape index (κ1) is 15.4. The lowest BCUT2D eigenvalue weighted by Gasteiger charge is -2.09. The van der Waals surface area contributed by atoms with Crippen LogP contribution in [0.2, 0.25) is 0 Å². The van der Waals surface area contributed by atoms with Crippen LogP contribution in [-0.2, 0) is 0 Å². The Morgan fingerprint density at radius 1 is 0.593 bits per heavy atom. The van der Waals surface area contributed by atoms with E-state index < -0.39 is 0 Å². The Morgan fingerprint density at radius 3 is 1.85 bits per heavy atom. The van der Waals surface area contributed by atoms with Gasteiger partial charge in [-0.05, 0) is 47.5 Å². The smallest absolute Gasteiger partial charge is 0.0991 e. The van der Waals surface area contributed by atoms with Crippen molar-refractivity contribution >= 4 is 21.8 Å². The summed E-state index contributed by atoms with van der Waals surface area (Å²) in [4.78, 5) is 0. The third-order valence-corrected chi connectivity index (χ3v) is 5.03. The third kappa shape index (κ3) is 2.49. The lowest BCUT2D eigenvalue weighted by atomic mass is 10.0. The first-order valence-electron chi connectivity index (χ1n) is 8.94. The molecule has 5 rings (SSSR count). The number of hydrogen-bond donors (Lipinski definition) is 0. The van der Waals surface area contributed by atoms with Gasteiger partial charge in [0.05, 0.1) is 22.7 Å². The van der Waals surface area contributed by atoms with E-state index in [0.29, 0.717) is 5.56 Å². The summed E-state index contributed by atoms with van der Waals surface area (Å²) < 4.78 is 2.31. The molecule has 2 nitrogen and oxygen atoms in total. The zero-order chi connectivity index (χ0) is 18.2. The molecule has 0 amide bonds. The van der Waals surface area contributed by atoms with Gasteiger partial charge in [0.1, 0.15) is 0 Å². The number of rotatable bonds is 2. The fraction of sp³-hybridized carbons (Fsp3) is 0. The van der Waals surface area contributed by atoms with Gasteiger partial charge in [-0.3, -0.25) is 0 Å². The number of benzene rings is 4. The molecule has 0 fully saturated rings. The average Bonchev–Trinajstić information content (AvgIpc) is 3.08. The van der Waals surface area contributed by atoms with Crippen LogP contribution in [0, 0.1) is 11.3 Å². The highest BCUT2D eigenvalue weighted by atomic mass is 15.0. The van der Waals surface area contributed by atoms with E-state index >= 15 is 0 Å². The largest absolute Gasteiger partial charge is 0.309 e. The Labute approximate surface area is 157 Å². The van der Waals surface area contributed by atoms with Crippen molar-refractivity contribution in [2.75, 3.05) is 0 Å². The van der Waals surface area contributed by atoms with Gasteiger partial charge in [-0.25, -0.2) is 0 Å². The van der Waals surface area contributed by atoms with Crippen LogP contribution in [0.25, 0.3) is 38.6 Å². The fourth-order valence-electron chi connectivity index (χ4n) is 3.77. The third-order valence-electron chi connectivity index (χ3n) is 5.03. The Hall–Kier alpha value is -3.83. The van der Waals surface area contributed by atoms with Crippen molar-refractivity contribution in [3.8, 4) is 22.9 Å². The first-order chi connectivity index (χ1) is 13.3. The Balaban J connectivity index is 1.68. The summed E-state index contributed by atoms with van der Waals surface area (Å²) in [5, 5.41) is 11.7.